The van der Waals surface area contributed by atoms with Crippen LogP contribution >= 0.6 is 24.0 Å². The number of likely N-dealkylation sites (tertiary alicyclic amines) is 1. The van der Waals surface area contributed by atoms with Crippen LogP contribution in [0.1, 0.15) is 73.1 Å². The Labute approximate surface area is 209 Å². The lowest BCUT2D eigenvalue weighted by Gasteiger charge is -2.33. The number of guanidine groups is 1. The number of benzene rings is 1. The highest BCUT2D eigenvalue weighted by Crippen LogP contribution is 2.22. The second kappa shape index (κ2) is 13.8. The molecule has 2 aliphatic rings. The minimum atomic E-state index is -0.176. The summed E-state index contributed by atoms with van der Waals surface area (Å²) in [5.41, 5.74) is 1.04. The van der Waals surface area contributed by atoms with Crippen LogP contribution in [-0.4, -0.2) is 72.9 Å². The van der Waals surface area contributed by atoms with Gasteiger partial charge in [0, 0.05) is 38.8 Å². The Hall–Kier alpha value is -1.68. The fraction of sp³-hybridized carbons (Fsp3) is 0.625. The molecule has 0 aromatic heterocycles. The van der Waals surface area contributed by atoms with Crippen molar-refractivity contribution in [2.45, 2.75) is 58.4 Å². The second-order valence-corrected chi connectivity index (χ2v) is 8.39. The van der Waals surface area contributed by atoms with E-state index >= 15 is 0 Å². The number of carbonyl (C=O) groups excluding carboxylic acids is 2. The topological polar surface area (TPSA) is 77.0 Å². The fourth-order valence-corrected chi connectivity index (χ4v) is 4.21. The molecule has 7 nitrogen and oxygen atoms in total. The van der Waals surface area contributed by atoms with E-state index in [9.17, 15) is 9.59 Å². The Morgan fingerprint density at radius 3 is 2.25 bits per heavy atom. The summed E-state index contributed by atoms with van der Waals surface area (Å²) in [6.45, 7) is 9.78. The summed E-state index contributed by atoms with van der Waals surface area (Å²) in [7, 11) is 0. The van der Waals surface area contributed by atoms with Crippen molar-refractivity contribution in [2.75, 3.05) is 39.3 Å². The van der Waals surface area contributed by atoms with Crippen molar-refractivity contribution in [3.05, 3.63) is 35.4 Å². The van der Waals surface area contributed by atoms with Crippen LogP contribution in [0.5, 0.6) is 0 Å². The zero-order chi connectivity index (χ0) is 22.1. The van der Waals surface area contributed by atoms with Crippen molar-refractivity contribution in [2.24, 2.45) is 4.99 Å². The van der Waals surface area contributed by atoms with E-state index < -0.39 is 0 Å². The van der Waals surface area contributed by atoms with E-state index in [2.05, 4.69) is 29.4 Å². The summed E-state index contributed by atoms with van der Waals surface area (Å²) in [4.78, 5) is 33.5. The van der Waals surface area contributed by atoms with E-state index in [4.69, 9.17) is 4.99 Å². The normalized spacial score (nSPS) is 17.3. The van der Waals surface area contributed by atoms with Crippen LogP contribution in [0.15, 0.2) is 29.3 Å². The molecular weight excluding hydrogens is 517 g/mol. The number of nitrogens with zero attached hydrogens (tertiary/aromatic N) is 3. The molecule has 2 aliphatic heterocycles. The maximum Gasteiger partial charge on any atom is 0.261 e. The standard InChI is InChI=1S/C24H37N5O2.HI/c1-3-5-15-28-17-12-19(13-18-28)27-24(25-4-2)26-14-8-9-16-29-22(30)20-10-6-7-11-21(20)23(29)31;/h6-7,10-11,19H,3-5,8-9,12-18H2,1-2H3,(H2,25,26,27);1H. The Morgan fingerprint density at radius 2 is 1.66 bits per heavy atom. The molecule has 32 heavy (non-hydrogen) atoms. The monoisotopic (exact) mass is 555 g/mol. The number of nitrogens with one attached hydrogen (secondary N) is 2. The van der Waals surface area contributed by atoms with E-state index in [1.165, 1.54) is 24.3 Å². The van der Waals surface area contributed by atoms with E-state index in [1.807, 2.05) is 0 Å². The summed E-state index contributed by atoms with van der Waals surface area (Å²) in [5, 5.41) is 6.93. The van der Waals surface area contributed by atoms with Crippen LogP contribution in [-0.2, 0) is 0 Å². The Morgan fingerprint density at radius 1 is 1.00 bits per heavy atom. The quantitative estimate of drug-likeness (QED) is 0.152. The van der Waals surface area contributed by atoms with Gasteiger partial charge in [-0.05, 0) is 57.7 Å². The lowest BCUT2D eigenvalue weighted by Crippen LogP contribution is -2.48. The largest absolute Gasteiger partial charge is 0.357 e. The van der Waals surface area contributed by atoms with Gasteiger partial charge in [-0.1, -0.05) is 25.5 Å². The maximum atomic E-state index is 12.4. The fourth-order valence-electron chi connectivity index (χ4n) is 4.21. The number of hydrogen-bond acceptors (Lipinski definition) is 4. The number of imide groups is 1. The first-order chi connectivity index (χ1) is 15.1. The third-order valence-corrected chi connectivity index (χ3v) is 6.04. The van der Waals surface area contributed by atoms with Crippen molar-refractivity contribution < 1.29 is 9.59 Å². The van der Waals surface area contributed by atoms with Gasteiger partial charge in [-0.3, -0.25) is 19.5 Å². The lowest BCUT2D eigenvalue weighted by atomic mass is 10.0. The van der Waals surface area contributed by atoms with Crippen molar-refractivity contribution in [3.8, 4) is 0 Å². The molecule has 1 fully saturated rings. The first-order valence-electron chi connectivity index (χ1n) is 11.9. The van der Waals surface area contributed by atoms with E-state index in [0.717, 1.165) is 51.3 Å². The molecule has 0 saturated carbocycles. The molecule has 2 heterocycles. The highest BCUT2D eigenvalue weighted by Gasteiger charge is 2.34. The number of unbranched alkanes of at least 4 members (excludes halogenated alkanes) is 2. The maximum absolute atomic E-state index is 12.4. The smallest absolute Gasteiger partial charge is 0.261 e. The number of halogens is 1. The minimum absolute atomic E-state index is 0. The number of amides is 2. The Balaban J connectivity index is 0.00000363. The van der Waals surface area contributed by atoms with Gasteiger partial charge in [0.25, 0.3) is 11.8 Å². The number of piperidine rings is 1. The first-order valence-corrected chi connectivity index (χ1v) is 11.9. The molecule has 1 aromatic rings. The van der Waals surface area contributed by atoms with Crippen LogP contribution in [0.25, 0.3) is 0 Å². The van der Waals surface area contributed by atoms with Crippen molar-refractivity contribution in [1.82, 2.24) is 20.4 Å². The molecule has 0 spiro atoms. The average Bonchev–Trinajstić information content (AvgIpc) is 3.03. The number of rotatable bonds is 10. The number of hydrogen-bond donors (Lipinski definition) is 2. The molecule has 0 aliphatic carbocycles. The van der Waals surface area contributed by atoms with Gasteiger partial charge < -0.3 is 15.5 Å². The zero-order valence-corrected chi connectivity index (χ0v) is 21.8. The molecule has 0 radical (unpaired) electrons. The molecule has 1 aromatic carbocycles. The summed E-state index contributed by atoms with van der Waals surface area (Å²) in [6.07, 6.45) is 6.41. The lowest BCUT2D eigenvalue weighted by molar-refractivity contribution is 0.0652. The van der Waals surface area contributed by atoms with Gasteiger partial charge in [0.1, 0.15) is 0 Å². The van der Waals surface area contributed by atoms with Crippen LogP contribution in [0.2, 0.25) is 0 Å². The van der Waals surface area contributed by atoms with E-state index in [-0.39, 0.29) is 35.8 Å². The zero-order valence-electron chi connectivity index (χ0n) is 19.4. The molecule has 2 N–H and O–H groups in total. The molecule has 0 unspecified atom stereocenters. The molecule has 2 amide bonds. The Bertz CT molecular complexity index is 742. The number of aliphatic imine (C=N–C) groups is 1. The first kappa shape index (κ1) is 26.6. The molecule has 0 bridgehead atoms. The highest BCUT2D eigenvalue weighted by molar-refractivity contribution is 14.0. The van der Waals surface area contributed by atoms with Crippen molar-refractivity contribution in [1.29, 1.82) is 0 Å². The summed E-state index contributed by atoms with van der Waals surface area (Å²) < 4.78 is 0. The minimum Gasteiger partial charge on any atom is -0.357 e. The van der Waals surface area contributed by atoms with Gasteiger partial charge in [-0.25, -0.2) is 0 Å². The van der Waals surface area contributed by atoms with Crippen LogP contribution < -0.4 is 10.6 Å². The molecule has 3 rings (SSSR count). The summed E-state index contributed by atoms with van der Waals surface area (Å²) in [5.74, 6) is 0.518. The van der Waals surface area contributed by atoms with Crippen molar-refractivity contribution >= 4 is 41.8 Å². The summed E-state index contributed by atoms with van der Waals surface area (Å²) in [6, 6.07) is 7.51. The number of carbonyl (C=O) groups is 2. The van der Waals surface area contributed by atoms with E-state index in [1.54, 1.807) is 24.3 Å². The predicted octanol–water partition coefficient (Wildman–Crippen LogP) is 3.50. The van der Waals surface area contributed by atoms with Gasteiger partial charge in [-0.15, -0.1) is 24.0 Å². The molecule has 0 atom stereocenters. The third-order valence-electron chi connectivity index (χ3n) is 6.04. The van der Waals surface area contributed by atoms with Crippen LogP contribution in [0, 0.1) is 0 Å². The SMILES string of the molecule is CCCCN1CCC(NC(=NCCCCN2C(=O)c3ccccc3C2=O)NCC)CC1.I. The van der Waals surface area contributed by atoms with Gasteiger partial charge in [-0.2, -0.15) is 0 Å². The van der Waals surface area contributed by atoms with Crippen molar-refractivity contribution in [3.63, 3.8) is 0 Å². The molecular formula is C24H38IN5O2. The highest BCUT2D eigenvalue weighted by atomic mass is 127. The number of fused-ring (bicyclic) bond motifs is 1. The van der Waals surface area contributed by atoms with Gasteiger partial charge in [0.15, 0.2) is 5.96 Å². The summed E-state index contributed by atoms with van der Waals surface area (Å²) >= 11 is 0. The molecule has 8 heteroatoms. The molecule has 178 valence electrons. The van der Waals surface area contributed by atoms with Gasteiger partial charge in [0.2, 0.25) is 0 Å². The predicted molar refractivity (Wildman–Crippen MR) is 140 cm³/mol. The molecule has 1 saturated heterocycles. The average molecular weight is 556 g/mol. The van der Waals surface area contributed by atoms with Crippen LogP contribution in [0.3, 0.4) is 0 Å². The third kappa shape index (κ3) is 7.16. The Kier molecular flexibility index (Phi) is 11.4. The second-order valence-electron chi connectivity index (χ2n) is 8.39. The van der Waals surface area contributed by atoms with Gasteiger partial charge in [0.05, 0.1) is 11.1 Å². The van der Waals surface area contributed by atoms with E-state index in [0.29, 0.717) is 30.3 Å². The van der Waals surface area contributed by atoms with Gasteiger partial charge >= 0.3 is 0 Å². The van der Waals surface area contributed by atoms with Crippen LogP contribution in [0.4, 0.5) is 0 Å².